The molecule has 1 aliphatic heterocycles. The number of anilines is 1. The summed E-state index contributed by atoms with van der Waals surface area (Å²) >= 11 is 3.31. The van der Waals surface area contributed by atoms with E-state index in [4.69, 9.17) is 0 Å². The zero-order valence-corrected chi connectivity index (χ0v) is 17.6. The highest BCUT2D eigenvalue weighted by molar-refractivity contribution is 9.10. The van der Waals surface area contributed by atoms with Gasteiger partial charge in [-0.05, 0) is 61.2 Å². The Morgan fingerprint density at radius 1 is 1.07 bits per heavy atom. The van der Waals surface area contributed by atoms with Crippen molar-refractivity contribution in [2.24, 2.45) is 5.92 Å². The van der Waals surface area contributed by atoms with Crippen LogP contribution in [-0.4, -0.2) is 31.7 Å². The van der Waals surface area contributed by atoms with E-state index in [0.717, 1.165) is 16.6 Å². The van der Waals surface area contributed by atoms with E-state index in [-0.39, 0.29) is 16.7 Å². The fourth-order valence-electron chi connectivity index (χ4n) is 3.18. The molecule has 0 spiro atoms. The first-order chi connectivity index (χ1) is 12.9. The number of halogens is 1. The average molecular weight is 451 g/mol. The van der Waals surface area contributed by atoms with E-state index in [1.807, 2.05) is 24.3 Å². The van der Waals surface area contributed by atoms with Crippen LogP contribution in [0.25, 0.3) is 0 Å². The summed E-state index contributed by atoms with van der Waals surface area (Å²) in [4.78, 5) is 12.8. The summed E-state index contributed by atoms with van der Waals surface area (Å²) in [7, 11) is -3.51. The second-order valence-corrected chi connectivity index (χ2v) is 9.53. The van der Waals surface area contributed by atoms with Gasteiger partial charge >= 0.3 is 0 Å². The minimum Gasteiger partial charge on any atom is -0.326 e. The Labute approximate surface area is 169 Å². The van der Waals surface area contributed by atoms with Crippen LogP contribution >= 0.6 is 15.9 Å². The van der Waals surface area contributed by atoms with Crippen LogP contribution in [0.1, 0.15) is 25.3 Å². The number of aryl methyl sites for hydroxylation is 1. The Balaban J connectivity index is 1.59. The predicted molar refractivity (Wildman–Crippen MR) is 110 cm³/mol. The molecule has 1 N–H and O–H groups in total. The standard InChI is InChI=1S/C20H23BrN2O3S/c1-2-15-3-7-18(8-4-15)22-20(24)16-11-13-23(14-12-16)27(25,26)19-9-5-17(21)6-10-19/h3-10,16H,2,11-14H2,1H3,(H,22,24). The van der Waals surface area contributed by atoms with Crippen molar-refractivity contribution < 1.29 is 13.2 Å². The topological polar surface area (TPSA) is 66.5 Å². The van der Waals surface area contributed by atoms with E-state index >= 15 is 0 Å². The molecule has 1 saturated heterocycles. The first-order valence-electron chi connectivity index (χ1n) is 9.05. The summed E-state index contributed by atoms with van der Waals surface area (Å²) < 4.78 is 27.8. The van der Waals surface area contributed by atoms with Crippen LogP contribution in [-0.2, 0) is 21.2 Å². The Morgan fingerprint density at radius 2 is 1.67 bits per heavy atom. The van der Waals surface area contributed by atoms with Crippen molar-refractivity contribution in [2.75, 3.05) is 18.4 Å². The number of carbonyl (C=O) groups excluding carboxylic acids is 1. The molecule has 1 heterocycles. The zero-order chi connectivity index (χ0) is 19.4. The fraction of sp³-hybridized carbons (Fsp3) is 0.350. The number of hydrogen-bond acceptors (Lipinski definition) is 3. The third-order valence-corrected chi connectivity index (χ3v) is 7.35. The van der Waals surface area contributed by atoms with E-state index in [9.17, 15) is 13.2 Å². The van der Waals surface area contributed by atoms with Gasteiger partial charge in [-0.2, -0.15) is 4.31 Å². The molecular formula is C20H23BrN2O3S. The van der Waals surface area contributed by atoms with Crippen LogP contribution < -0.4 is 5.32 Å². The molecule has 0 unspecified atom stereocenters. The molecule has 1 aliphatic rings. The number of nitrogens with one attached hydrogen (secondary N) is 1. The molecule has 0 saturated carbocycles. The largest absolute Gasteiger partial charge is 0.326 e. The molecule has 0 atom stereocenters. The number of amides is 1. The number of carbonyl (C=O) groups is 1. The van der Waals surface area contributed by atoms with Crippen molar-refractivity contribution in [2.45, 2.75) is 31.1 Å². The van der Waals surface area contributed by atoms with Crippen molar-refractivity contribution in [1.82, 2.24) is 4.31 Å². The van der Waals surface area contributed by atoms with Crippen molar-refractivity contribution in [3.63, 3.8) is 0 Å². The lowest BCUT2D eigenvalue weighted by Gasteiger charge is -2.30. The highest BCUT2D eigenvalue weighted by Gasteiger charge is 2.32. The smallest absolute Gasteiger partial charge is 0.243 e. The normalized spacial score (nSPS) is 16.2. The Kier molecular flexibility index (Phi) is 6.34. The number of benzene rings is 2. The highest BCUT2D eigenvalue weighted by atomic mass is 79.9. The monoisotopic (exact) mass is 450 g/mol. The van der Waals surface area contributed by atoms with Gasteiger partial charge < -0.3 is 5.32 Å². The Bertz CT molecular complexity index is 888. The summed E-state index contributed by atoms with van der Waals surface area (Å²) in [6.45, 7) is 2.79. The quantitative estimate of drug-likeness (QED) is 0.746. The number of hydrogen-bond donors (Lipinski definition) is 1. The number of piperidine rings is 1. The lowest BCUT2D eigenvalue weighted by molar-refractivity contribution is -0.120. The molecule has 7 heteroatoms. The van der Waals surface area contributed by atoms with Gasteiger partial charge in [-0.3, -0.25) is 4.79 Å². The number of rotatable bonds is 5. The van der Waals surface area contributed by atoms with Crippen molar-refractivity contribution in [3.05, 3.63) is 58.6 Å². The molecular weight excluding hydrogens is 428 g/mol. The SMILES string of the molecule is CCc1ccc(NC(=O)C2CCN(S(=O)(=O)c3ccc(Br)cc3)CC2)cc1. The average Bonchev–Trinajstić information content (AvgIpc) is 2.69. The molecule has 0 aromatic heterocycles. The summed E-state index contributed by atoms with van der Waals surface area (Å²) in [5, 5.41) is 2.94. The highest BCUT2D eigenvalue weighted by Crippen LogP contribution is 2.25. The minimum absolute atomic E-state index is 0.0417. The fourth-order valence-corrected chi connectivity index (χ4v) is 4.92. The number of sulfonamides is 1. The second-order valence-electron chi connectivity index (χ2n) is 6.67. The molecule has 144 valence electrons. The second kappa shape index (κ2) is 8.54. The Hall–Kier alpha value is -1.70. The first-order valence-corrected chi connectivity index (χ1v) is 11.3. The van der Waals surface area contributed by atoms with E-state index in [1.165, 1.54) is 9.87 Å². The third kappa shape index (κ3) is 4.78. The molecule has 1 amide bonds. The third-order valence-electron chi connectivity index (χ3n) is 4.91. The van der Waals surface area contributed by atoms with Crippen LogP contribution in [0.5, 0.6) is 0 Å². The number of nitrogens with zero attached hydrogens (tertiary/aromatic N) is 1. The van der Waals surface area contributed by atoms with Gasteiger partial charge in [-0.25, -0.2) is 8.42 Å². The maximum Gasteiger partial charge on any atom is 0.243 e. The van der Waals surface area contributed by atoms with E-state index in [1.54, 1.807) is 24.3 Å². The Morgan fingerprint density at radius 3 is 2.22 bits per heavy atom. The maximum absolute atomic E-state index is 12.7. The van der Waals surface area contributed by atoms with Crippen LogP contribution in [0.3, 0.4) is 0 Å². The summed E-state index contributed by atoms with van der Waals surface area (Å²) in [6, 6.07) is 14.4. The molecule has 5 nitrogen and oxygen atoms in total. The first kappa shape index (κ1) is 20.0. The van der Waals surface area contributed by atoms with E-state index in [0.29, 0.717) is 25.9 Å². The molecule has 2 aromatic rings. The molecule has 0 bridgehead atoms. The summed E-state index contributed by atoms with van der Waals surface area (Å²) in [6.07, 6.45) is 2.00. The minimum atomic E-state index is -3.51. The van der Waals surface area contributed by atoms with Crippen LogP contribution in [0.4, 0.5) is 5.69 Å². The van der Waals surface area contributed by atoms with Crippen molar-refractivity contribution in [1.29, 1.82) is 0 Å². The van der Waals surface area contributed by atoms with Gasteiger partial charge in [-0.15, -0.1) is 0 Å². The van der Waals surface area contributed by atoms with Crippen LogP contribution in [0, 0.1) is 5.92 Å². The predicted octanol–water partition coefficient (Wildman–Crippen LogP) is 4.05. The van der Waals surface area contributed by atoms with Gasteiger partial charge in [0.05, 0.1) is 4.90 Å². The molecule has 0 aliphatic carbocycles. The van der Waals surface area contributed by atoms with E-state index in [2.05, 4.69) is 28.2 Å². The summed E-state index contributed by atoms with van der Waals surface area (Å²) in [5.41, 5.74) is 2.00. The molecule has 27 heavy (non-hydrogen) atoms. The van der Waals surface area contributed by atoms with Crippen molar-refractivity contribution in [3.8, 4) is 0 Å². The van der Waals surface area contributed by atoms with Gasteiger partial charge in [0.15, 0.2) is 0 Å². The van der Waals surface area contributed by atoms with Crippen LogP contribution in [0.15, 0.2) is 57.9 Å². The molecule has 1 fully saturated rings. The summed E-state index contributed by atoms with van der Waals surface area (Å²) in [5.74, 6) is -0.216. The molecule has 2 aromatic carbocycles. The van der Waals surface area contributed by atoms with E-state index < -0.39 is 10.0 Å². The molecule has 3 rings (SSSR count). The van der Waals surface area contributed by atoms with Gasteiger partial charge in [0, 0.05) is 29.2 Å². The van der Waals surface area contributed by atoms with Crippen LogP contribution in [0.2, 0.25) is 0 Å². The lowest BCUT2D eigenvalue weighted by Crippen LogP contribution is -2.41. The van der Waals surface area contributed by atoms with Gasteiger partial charge in [0.1, 0.15) is 0 Å². The van der Waals surface area contributed by atoms with Gasteiger partial charge in [0.2, 0.25) is 15.9 Å². The zero-order valence-electron chi connectivity index (χ0n) is 15.2. The van der Waals surface area contributed by atoms with Gasteiger partial charge in [0.25, 0.3) is 0 Å². The van der Waals surface area contributed by atoms with Gasteiger partial charge in [-0.1, -0.05) is 35.0 Å². The lowest BCUT2D eigenvalue weighted by atomic mass is 9.97. The maximum atomic E-state index is 12.7. The molecule has 0 radical (unpaired) electrons. The van der Waals surface area contributed by atoms with Crippen molar-refractivity contribution >= 4 is 37.5 Å².